The lowest BCUT2D eigenvalue weighted by Crippen LogP contribution is -2.56. The Labute approximate surface area is 219 Å². The van der Waals surface area contributed by atoms with Crippen LogP contribution in [-0.2, 0) is 23.9 Å². The molecular weight excluding hydrogens is 478 g/mol. The molecule has 2 rings (SSSR count). The number of amides is 3. The molecule has 10 nitrogen and oxygen atoms in total. The van der Waals surface area contributed by atoms with Gasteiger partial charge in [-0.15, -0.1) is 13.2 Å². The first-order valence-corrected chi connectivity index (χ1v) is 13.1. The quantitative estimate of drug-likeness (QED) is 0.193. The van der Waals surface area contributed by atoms with Crippen LogP contribution >= 0.6 is 0 Å². The van der Waals surface area contributed by atoms with Gasteiger partial charge in [-0.25, -0.2) is 9.59 Å². The summed E-state index contributed by atoms with van der Waals surface area (Å²) in [5.41, 5.74) is -1.96. The van der Waals surface area contributed by atoms with E-state index < -0.39 is 53.2 Å². The first-order valence-electron chi connectivity index (χ1n) is 13.1. The van der Waals surface area contributed by atoms with E-state index in [0.29, 0.717) is 19.3 Å². The van der Waals surface area contributed by atoms with Gasteiger partial charge in [0.05, 0.1) is 12.7 Å². The van der Waals surface area contributed by atoms with Gasteiger partial charge >= 0.3 is 12.1 Å². The number of alkyl carbamates (subject to hydrolysis) is 1. The summed E-state index contributed by atoms with van der Waals surface area (Å²) in [6.07, 6.45) is 5.77. The van der Waals surface area contributed by atoms with Crippen molar-refractivity contribution < 1.29 is 33.8 Å². The second-order valence-electron chi connectivity index (χ2n) is 10.7. The van der Waals surface area contributed by atoms with Gasteiger partial charge in [0.1, 0.15) is 23.2 Å². The zero-order valence-corrected chi connectivity index (χ0v) is 22.6. The summed E-state index contributed by atoms with van der Waals surface area (Å²) < 4.78 is 10.5. The van der Waals surface area contributed by atoms with E-state index >= 15 is 0 Å². The van der Waals surface area contributed by atoms with E-state index in [4.69, 9.17) is 9.47 Å². The minimum Gasteiger partial charge on any atom is -0.464 e. The number of allylic oxidation sites excluding steroid dienone is 1. The molecule has 3 N–H and O–H groups in total. The van der Waals surface area contributed by atoms with Gasteiger partial charge in [-0.1, -0.05) is 25.0 Å². The highest BCUT2D eigenvalue weighted by atomic mass is 16.6. The van der Waals surface area contributed by atoms with Crippen LogP contribution in [-0.4, -0.2) is 76.4 Å². The van der Waals surface area contributed by atoms with E-state index in [2.05, 4.69) is 23.8 Å². The fourth-order valence-electron chi connectivity index (χ4n) is 4.59. The van der Waals surface area contributed by atoms with E-state index in [1.807, 2.05) is 6.08 Å². The summed E-state index contributed by atoms with van der Waals surface area (Å²) in [6, 6.07) is -1.93. The SMILES string of the molecule is C=CCCCCC[C@H](NC(=O)OC(C)(C)C)C(=O)N1C[C@@H](O)C[C@H]1C(=O)N[C@]1(C(=O)OCC)CC1C=C. The number of hydrogen-bond donors (Lipinski definition) is 3. The lowest BCUT2D eigenvalue weighted by atomic mass is 10.0. The van der Waals surface area contributed by atoms with E-state index in [9.17, 15) is 24.3 Å². The predicted octanol–water partition coefficient (Wildman–Crippen LogP) is 2.60. The zero-order valence-electron chi connectivity index (χ0n) is 22.6. The maximum atomic E-state index is 13.6. The summed E-state index contributed by atoms with van der Waals surface area (Å²) in [6.45, 7) is 14.4. The smallest absolute Gasteiger partial charge is 0.408 e. The van der Waals surface area contributed by atoms with Gasteiger partial charge in [0, 0.05) is 18.9 Å². The fraction of sp³-hybridized carbons (Fsp3) is 0.704. The molecule has 0 aromatic heterocycles. The molecule has 2 fully saturated rings. The zero-order chi connectivity index (χ0) is 27.8. The van der Waals surface area contributed by atoms with Crippen molar-refractivity contribution in [2.75, 3.05) is 13.2 Å². The number of carbonyl (C=O) groups is 4. The van der Waals surface area contributed by atoms with Gasteiger partial charge in [-0.05, 0) is 53.4 Å². The summed E-state index contributed by atoms with van der Waals surface area (Å²) >= 11 is 0. The molecule has 3 amide bonds. The third kappa shape index (κ3) is 8.31. The third-order valence-corrected chi connectivity index (χ3v) is 6.54. The maximum Gasteiger partial charge on any atom is 0.408 e. The van der Waals surface area contributed by atoms with Crippen LogP contribution in [0.15, 0.2) is 25.3 Å². The number of carbonyl (C=O) groups excluding carboxylic acids is 4. The third-order valence-electron chi connectivity index (χ3n) is 6.54. The van der Waals surface area contributed by atoms with E-state index in [-0.39, 0.29) is 25.5 Å². The lowest BCUT2D eigenvalue weighted by Gasteiger charge is -2.30. The molecule has 0 aromatic rings. The van der Waals surface area contributed by atoms with E-state index in [0.717, 1.165) is 19.3 Å². The average molecular weight is 522 g/mol. The van der Waals surface area contributed by atoms with Crippen molar-refractivity contribution in [1.82, 2.24) is 15.5 Å². The highest BCUT2D eigenvalue weighted by Gasteiger charge is 2.62. The molecule has 37 heavy (non-hydrogen) atoms. The summed E-state index contributed by atoms with van der Waals surface area (Å²) in [4.78, 5) is 53.3. The monoisotopic (exact) mass is 521 g/mol. The first kappa shape index (κ1) is 30.3. The molecule has 1 heterocycles. The van der Waals surface area contributed by atoms with Crippen LogP contribution in [0.3, 0.4) is 0 Å². The van der Waals surface area contributed by atoms with Gasteiger partial charge in [0.25, 0.3) is 0 Å². The van der Waals surface area contributed by atoms with E-state index in [1.54, 1.807) is 33.8 Å². The second-order valence-corrected chi connectivity index (χ2v) is 10.7. The molecule has 5 atom stereocenters. The summed E-state index contributed by atoms with van der Waals surface area (Å²) in [5, 5.41) is 15.8. The van der Waals surface area contributed by atoms with Crippen molar-refractivity contribution in [3.8, 4) is 0 Å². The van der Waals surface area contributed by atoms with Crippen molar-refractivity contribution in [2.45, 2.75) is 102 Å². The number of hydrogen-bond acceptors (Lipinski definition) is 7. The Balaban J connectivity index is 2.17. The molecule has 2 aliphatic rings. The van der Waals surface area contributed by atoms with Crippen molar-refractivity contribution in [2.24, 2.45) is 5.92 Å². The molecule has 1 saturated heterocycles. The Morgan fingerprint density at radius 3 is 2.46 bits per heavy atom. The number of likely N-dealkylation sites (tertiary alicyclic amines) is 1. The number of ether oxygens (including phenoxy) is 2. The van der Waals surface area contributed by atoms with E-state index in [1.165, 1.54) is 4.90 Å². The Morgan fingerprint density at radius 1 is 1.19 bits per heavy atom. The summed E-state index contributed by atoms with van der Waals surface area (Å²) in [7, 11) is 0. The highest BCUT2D eigenvalue weighted by molar-refractivity contribution is 5.96. The standard InChI is InChI=1S/C27H43N3O7/c1-7-10-11-12-13-14-20(28-25(35)37-26(4,5)6)23(33)30-17-19(31)15-21(30)22(32)29-27(16-18(27)8-2)24(34)36-9-3/h7-8,18-21,31H,1-2,9-17H2,3-6H3,(H,28,35)(H,29,32)/t18?,19-,20-,21-,27+/m0/s1. The van der Waals surface area contributed by atoms with Gasteiger partial charge < -0.3 is 30.1 Å². The molecule has 1 saturated carbocycles. The average Bonchev–Trinajstić information content (AvgIpc) is 3.39. The molecule has 0 radical (unpaired) electrons. The van der Waals surface area contributed by atoms with Crippen molar-refractivity contribution in [3.05, 3.63) is 25.3 Å². The number of unbranched alkanes of at least 4 members (excludes halogenated alkanes) is 3. The molecule has 10 heteroatoms. The normalized spacial score (nSPS) is 25.5. The van der Waals surface area contributed by atoms with Gasteiger partial charge in [0.15, 0.2) is 0 Å². The first-order chi connectivity index (χ1) is 17.4. The van der Waals surface area contributed by atoms with Crippen molar-refractivity contribution >= 4 is 23.9 Å². The van der Waals surface area contributed by atoms with Crippen LogP contribution in [0, 0.1) is 5.92 Å². The largest absolute Gasteiger partial charge is 0.464 e. The molecule has 1 unspecified atom stereocenters. The van der Waals surface area contributed by atoms with Gasteiger partial charge in [-0.2, -0.15) is 0 Å². The van der Waals surface area contributed by atoms with Crippen LogP contribution in [0.4, 0.5) is 4.79 Å². The Kier molecular flexibility index (Phi) is 10.7. The number of aliphatic hydroxyl groups excluding tert-OH is 1. The Hall–Kier alpha value is -2.88. The van der Waals surface area contributed by atoms with Gasteiger partial charge in [0.2, 0.25) is 11.8 Å². The Bertz CT molecular complexity index is 869. The number of β-amino-alcohol motifs (C(OH)–C–C–N with tert-alkyl or cyclic N) is 1. The van der Waals surface area contributed by atoms with Crippen molar-refractivity contribution in [1.29, 1.82) is 0 Å². The van der Waals surface area contributed by atoms with Gasteiger partial charge in [-0.3, -0.25) is 9.59 Å². The molecule has 0 aromatic carbocycles. The molecule has 1 aliphatic carbocycles. The molecule has 0 bridgehead atoms. The van der Waals surface area contributed by atoms with Crippen LogP contribution in [0.2, 0.25) is 0 Å². The summed E-state index contributed by atoms with van der Waals surface area (Å²) in [5.74, 6) is -1.85. The highest BCUT2D eigenvalue weighted by Crippen LogP contribution is 2.45. The molecule has 208 valence electrons. The fourth-order valence-corrected chi connectivity index (χ4v) is 4.59. The van der Waals surface area contributed by atoms with Crippen LogP contribution in [0.1, 0.15) is 72.6 Å². The Morgan fingerprint density at radius 2 is 1.89 bits per heavy atom. The molecule has 0 spiro atoms. The number of esters is 1. The second kappa shape index (κ2) is 13.1. The van der Waals surface area contributed by atoms with Crippen LogP contribution in [0.5, 0.6) is 0 Å². The molecular formula is C27H43N3O7. The number of rotatable bonds is 13. The van der Waals surface area contributed by atoms with Crippen LogP contribution < -0.4 is 10.6 Å². The maximum absolute atomic E-state index is 13.6. The minimum absolute atomic E-state index is 0.0216. The van der Waals surface area contributed by atoms with Crippen molar-refractivity contribution in [3.63, 3.8) is 0 Å². The minimum atomic E-state index is -1.21. The molecule has 1 aliphatic heterocycles. The number of aliphatic hydroxyl groups is 1. The predicted molar refractivity (Wildman–Crippen MR) is 138 cm³/mol. The number of nitrogens with zero attached hydrogens (tertiary/aromatic N) is 1. The lowest BCUT2D eigenvalue weighted by molar-refractivity contribution is -0.150. The topological polar surface area (TPSA) is 134 Å². The number of nitrogens with one attached hydrogen (secondary N) is 2. The van der Waals surface area contributed by atoms with Crippen LogP contribution in [0.25, 0.3) is 0 Å².